The summed E-state index contributed by atoms with van der Waals surface area (Å²) >= 11 is 4.40. The van der Waals surface area contributed by atoms with Gasteiger partial charge in [-0.2, -0.15) is 0 Å². The molecule has 0 aliphatic heterocycles. The first kappa shape index (κ1) is 15.5. The first-order chi connectivity index (χ1) is 9.95. The average Bonchev–Trinajstić information content (AvgIpc) is 2.86. The molecule has 110 valence electrons. The van der Waals surface area contributed by atoms with Crippen LogP contribution in [-0.4, -0.2) is 27.4 Å². The molecule has 0 aliphatic rings. The van der Waals surface area contributed by atoms with E-state index in [9.17, 15) is 9.59 Å². The molecule has 0 saturated carbocycles. The Morgan fingerprint density at radius 3 is 2.86 bits per heavy atom. The lowest BCUT2D eigenvalue weighted by Crippen LogP contribution is -2.39. The molecule has 0 spiro atoms. The van der Waals surface area contributed by atoms with Gasteiger partial charge in [-0.25, -0.2) is 4.79 Å². The highest BCUT2D eigenvalue weighted by molar-refractivity contribution is 9.10. The van der Waals surface area contributed by atoms with Crippen LogP contribution in [0.3, 0.4) is 0 Å². The van der Waals surface area contributed by atoms with Crippen LogP contribution in [0.1, 0.15) is 6.92 Å². The highest BCUT2D eigenvalue weighted by Crippen LogP contribution is 2.27. The van der Waals surface area contributed by atoms with E-state index in [1.54, 1.807) is 6.92 Å². The minimum absolute atomic E-state index is 0.233. The number of aromatic nitrogens is 2. The number of carbonyl (C=O) groups is 2. The Labute approximate surface area is 132 Å². The standard InChI is InChI=1S/C12H11BrN4O3S/c1-6(9(18)15-11(14)19)21-12-17-16-10(20-12)7-3-2-4-8(13)5-7/h2-6H,1H3,(H3,14,15,18,19)/t6-/m1/s1. The van der Waals surface area contributed by atoms with Crippen LogP contribution >= 0.6 is 27.7 Å². The van der Waals surface area contributed by atoms with Gasteiger partial charge in [0.2, 0.25) is 11.8 Å². The molecule has 2 aromatic rings. The number of nitrogens with one attached hydrogen (secondary N) is 1. The summed E-state index contributed by atoms with van der Waals surface area (Å²) in [6.45, 7) is 1.60. The van der Waals surface area contributed by atoms with Gasteiger partial charge in [0.15, 0.2) is 0 Å². The fraction of sp³-hybridized carbons (Fsp3) is 0.167. The number of rotatable bonds is 4. The quantitative estimate of drug-likeness (QED) is 0.797. The van der Waals surface area contributed by atoms with Crippen molar-refractivity contribution < 1.29 is 14.0 Å². The Bertz CT molecular complexity index is 676. The maximum absolute atomic E-state index is 11.6. The lowest BCUT2D eigenvalue weighted by molar-refractivity contribution is -0.119. The van der Waals surface area contributed by atoms with Gasteiger partial charge in [-0.15, -0.1) is 10.2 Å². The van der Waals surface area contributed by atoms with Gasteiger partial charge < -0.3 is 10.2 Å². The second-order valence-corrected chi connectivity index (χ2v) is 6.20. The molecule has 0 saturated heterocycles. The fourth-order valence-corrected chi connectivity index (χ4v) is 2.51. The molecule has 1 heterocycles. The van der Waals surface area contributed by atoms with Crippen LogP contribution < -0.4 is 11.1 Å². The second kappa shape index (κ2) is 6.72. The summed E-state index contributed by atoms with van der Waals surface area (Å²) in [5.74, 6) is -0.170. The minimum atomic E-state index is -0.896. The molecule has 3 amide bonds. The summed E-state index contributed by atoms with van der Waals surface area (Å²) in [6.07, 6.45) is 0. The van der Waals surface area contributed by atoms with Gasteiger partial charge in [0.05, 0.1) is 5.25 Å². The molecule has 9 heteroatoms. The molecule has 7 nitrogen and oxygen atoms in total. The number of imide groups is 1. The number of carbonyl (C=O) groups excluding carboxylic acids is 2. The SMILES string of the molecule is C[C@@H](Sc1nnc(-c2cccc(Br)c2)o1)C(=O)NC(N)=O. The Morgan fingerprint density at radius 1 is 1.43 bits per heavy atom. The van der Waals surface area contributed by atoms with Crippen molar-refractivity contribution in [3.05, 3.63) is 28.7 Å². The largest absolute Gasteiger partial charge is 0.411 e. The van der Waals surface area contributed by atoms with Gasteiger partial charge >= 0.3 is 6.03 Å². The van der Waals surface area contributed by atoms with Gasteiger partial charge in [-0.05, 0) is 25.1 Å². The molecular formula is C12H11BrN4O3S. The molecule has 1 aromatic heterocycles. The van der Waals surface area contributed by atoms with E-state index < -0.39 is 17.2 Å². The fourth-order valence-electron chi connectivity index (χ4n) is 1.42. The van der Waals surface area contributed by atoms with E-state index in [-0.39, 0.29) is 5.22 Å². The number of hydrogen-bond acceptors (Lipinski definition) is 6. The van der Waals surface area contributed by atoms with Crippen molar-refractivity contribution in [2.24, 2.45) is 5.73 Å². The monoisotopic (exact) mass is 370 g/mol. The van der Waals surface area contributed by atoms with Crippen molar-refractivity contribution in [1.82, 2.24) is 15.5 Å². The van der Waals surface area contributed by atoms with Crippen molar-refractivity contribution in [3.63, 3.8) is 0 Å². The summed E-state index contributed by atoms with van der Waals surface area (Å²) in [5.41, 5.74) is 5.64. The summed E-state index contributed by atoms with van der Waals surface area (Å²) in [7, 11) is 0. The van der Waals surface area contributed by atoms with Crippen molar-refractivity contribution in [1.29, 1.82) is 0 Å². The zero-order chi connectivity index (χ0) is 15.4. The van der Waals surface area contributed by atoms with Crippen LogP contribution in [0.2, 0.25) is 0 Å². The minimum Gasteiger partial charge on any atom is -0.411 e. The molecule has 0 aliphatic carbocycles. The highest BCUT2D eigenvalue weighted by Gasteiger charge is 2.19. The summed E-state index contributed by atoms with van der Waals surface area (Å²) < 4.78 is 6.36. The van der Waals surface area contributed by atoms with Crippen molar-refractivity contribution in [2.75, 3.05) is 0 Å². The van der Waals surface area contributed by atoms with Crippen LogP contribution in [0, 0.1) is 0 Å². The van der Waals surface area contributed by atoms with Gasteiger partial charge in [0, 0.05) is 10.0 Å². The molecule has 0 unspecified atom stereocenters. The van der Waals surface area contributed by atoms with Crippen LogP contribution in [0.15, 0.2) is 38.4 Å². The topological polar surface area (TPSA) is 111 Å². The van der Waals surface area contributed by atoms with Crippen LogP contribution in [-0.2, 0) is 4.79 Å². The lowest BCUT2D eigenvalue weighted by Gasteiger charge is -2.06. The number of primary amides is 1. The molecular weight excluding hydrogens is 360 g/mol. The van der Waals surface area contributed by atoms with E-state index in [1.165, 1.54) is 0 Å². The van der Waals surface area contributed by atoms with E-state index in [1.807, 2.05) is 29.6 Å². The number of amides is 3. The van der Waals surface area contributed by atoms with Gasteiger partial charge in [-0.3, -0.25) is 10.1 Å². The summed E-state index contributed by atoms with van der Waals surface area (Å²) in [5, 5.41) is 9.41. The molecule has 0 fully saturated rings. The number of hydrogen-bond donors (Lipinski definition) is 2. The molecule has 3 N–H and O–H groups in total. The zero-order valence-electron chi connectivity index (χ0n) is 10.9. The highest BCUT2D eigenvalue weighted by atomic mass is 79.9. The molecule has 0 radical (unpaired) electrons. The van der Waals surface area contributed by atoms with Crippen molar-refractivity contribution in [3.8, 4) is 11.5 Å². The molecule has 1 atom stereocenters. The molecule has 2 rings (SSSR count). The third-order valence-electron chi connectivity index (χ3n) is 2.37. The van der Waals surface area contributed by atoms with E-state index in [0.717, 1.165) is 21.8 Å². The normalized spacial score (nSPS) is 11.9. The van der Waals surface area contributed by atoms with Crippen LogP contribution in [0.4, 0.5) is 4.79 Å². The zero-order valence-corrected chi connectivity index (χ0v) is 13.3. The number of nitrogens with two attached hydrogens (primary N) is 1. The Hall–Kier alpha value is -1.87. The number of thioether (sulfide) groups is 1. The van der Waals surface area contributed by atoms with Crippen LogP contribution in [0.25, 0.3) is 11.5 Å². The molecule has 1 aromatic carbocycles. The van der Waals surface area contributed by atoms with E-state index in [0.29, 0.717) is 5.89 Å². The third kappa shape index (κ3) is 4.30. The third-order valence-corrected chi connectivity index (χ3v) is 3.80. The maximum atomic E-state index is 11.6. The molecule has 21 heavy (non-hydrogen) atoms. The number of urea groups is 1. The predicted molar refractivity (Wildman–Crippen MR) is 80.5 cm³/mol. The first-order valence-corrected chi connectivity index (χ1v) is 7.49. The number of benzene rings is 1. The Balaban J connectivity index is 2.06. The maximum Gasteiger partial charge on any atom is 0.318 e. The summed E-state index contributed by atoms with van der Waals surface area (Å²) in [4.78, 5) is 22.2. The van der Waals surface area contributed by atoms with Gasteiger partial charge in [0.25, 0.3) is 5.22 Å². The average molecular weight is 371 g/mol. The first-order valence-electron chi connectivity index (χ1n) is 5.82. The predicted octanol–water partition coefficient (Wildman–Crippen LogP) is 2.17. The lowest BCUT2D eigenvalue weighted by atomic mass is 10.2. The van der Waals surface area contributed by atoms with Crippen LogP contribution in [0.5, 0.6) is 0 Å². The Kier molecular flexibility index (Phi) is 4.97. The Morgan fingerprint density at radius 2 is 2.19 bits per heavy atom. The molecule has 0 bridgehead atoms. The van der Waals surface area contributed by atoms with Crippen molar-refractivity contribution >= 4 is 39.6 Å². The number of halogens is 1. The van der Waals surface area contributed by atoms with Gasteiger partial charge in [-0.1, -0.05) is 33.8 Å². The van der Waals surface area contributed by atoms with Gasteiger partial charge in [0.1, 0.15) is 0 Å². The summed E-state index contributed by atoms with van der Waals surface area (Å²) in [6, 6.07) is 6.50. The smallest absolute Gasteiger partial charge is 0.318 e. The number of nitrogens with zero attached hydrogens (tertiary/aromatic N) is 2. The van der Waals surface area contributed by atoms with E-state index >= 15 is 0 Å². The second-order valence-electron chi connectivity index (χ2n) is 4.00. The van der Waals surface area contributed by atoms with E-state index in [2.05, 4.69) is 26.1 Å². The van der Waals surface area contributed by atoms with Crippen molar-refractivity contribution in [2.45, 2.75) is 17.4 Å². The van der Waals surface area contributed by atoms with E-state index in [4.69, 9.17) is 10.2 Å².